The highest BCUT2D eigenvalue weighted by molar-refractivity contribution is 9.09. The van der Waals surface area contributed by atoms with Crippen LogP contribution in [0, 0.1) is 11.8 Å². The Morgan fingerprint density at radius 3 is 2.86 bits per heavy atom. The fourth-order valence-electron chi connectivity index (χ4n) is 3.95. The minimum Gasteiger partial charge on any atom is -0.340 e. The molecule has 0 radical (unpaired) electrons. The predicted molar refractivity (Wildman–Crippen MR) is 89.7 cm³/mol. The average Bonchev–Trinajstić information content (AvgIpc) is 3.22. The van der Waals surface area contributed by atoms with E-state index in [4.69, 9.17) is 0 Å². The Morgan fingerprint density at radius 2 is 2.14 bits per heavy atom. The van der Waals surface area contributed by atoms with Gasteiger partial charge in [0.25, 0.3) is 0 Å². The first-order valence-corrected chi connectivity index (χ1v) is 9.21. The molecule has 0 saturated heterocycles. The highest BCUT2D eigenvalue weighted by Crippen LogP contribution is 2.60. The summed E-state index contributed by atoms with van der Waals surface area (Å²) in [5.74, 6) is 1.72. The van der Waals surface area contributed by atoms with E-state index < -0.39 is 0 Å². The van der Waals surface area contributed by atoms with Crippen LogP contribution in [0.25, 0.3) is 0 Å². The lowest BCUT2D eigenvalue weighted by molar-refractivity contribution is -0.134. The SMILES string of the molecule is CC(C)N(CCCBr)C(=O)C1C2CCc3ccccc3C21. The second-order valence-electron chi connectivity index (χ2n) is 6.62. The molecule has 114 valence electrons. The molecule has 2 nitrogen and oxygen atoms in total. The molecule has 1 saturated carbocycles. The van der Waals surface area contributed by atoms with Crippen LogP contribution in [0.5, 0.6) is 0 Å². The number of aryl methyl sites for hydroxylation is 1. The van der Waals surface area contributed by atoms with Gasteiger partial charge in [0.05, 0.1) is 0 Å². The van der Waals surface area contributed by atoms with E-state index in [0.717, 1.165) is 24.7 Å². The van der Waals surface area contributed by atoms with Gasteiger partial charge in [-0.1, -0.05) is 40.2 Å². The van der Waals surface area contributed by atoms with Crippen LogP contribution in [-0.4, -0.2) is 28.7 Å². The number of alkyl halides is 1. The van der Waals surface area contributed by atoms with Gasteiger partial charge in [0, 0.05) is 23.8 Å². The van der Waals surface area contributed by atoms with Crippen LogP contribution < -0.4 is 0 Å². The van der Waals surface area contributed by atoms with Crippen molar-refractivity contribution in [1.29, 1.82) is 0 Å². The fourth-order valence-corrected chi connectivity index (χ4v) is 4.20. The van der Waals surface area contributed by atoms with Crippen LogP contribution in [0.4, 0.5) is 0 Å². The van der Waals surface area contributed by atoms with E-state index in [2.05, 4.69) is 58.9 Å². The summed E-state index contributed by atoms with van der Waals surface area (Å²) in [5.41, 5.74) is 2.90. The van der Waals surface area contributed by atoms with E-state index in [9.17, 15) is 4.79 Å². The van der Waals surface area contributed by atoms with Crippen molar-refractivity contribution in [2.45, 2.75) is 45.1 Å². The van der Waals surface area contributed by atoms with E-state index >= 15 is 0 Å². The van der Waals surface area contributed by atoms with E-state index in [1.165, 1.54) is 17.5 Å². The smallest absolute Gasteiger partial charge is 0.226 e. The molecular weight excluding hydrogens is 326 g/mol. The summed E-state index contributed by atoms with van der Waals surface area (Å²) in [5, 5.41) is 0.962. The lowest BCUT2D eigenvalue weighted by atomic mass is 9.92. The largest absolute Gasteiger partial charge is 0.340 e. The normalized spacial score (nSPS) is 26.2. The second kappa shape index (κ2) is 6.12. The molecule has 3 unspecified atom stereocenters. The van der Waals surface area contributed by atoms with Crippen LogP contribution in [-0.2, 0) is 11.2 Å². The summed E-state index contributed by atoms with van der Waals surface area (Å²) in [6.07, 6.45) is 3.36. The van der Waals surface area contributed by atoms with E-state index in [1.54, 1.807) is 0 Å². The Balaban J connectivity index is 1.76. The Labute approximate surface area is 136 Å². The molecule has 3 rings (SSSR count). The molecule has 0 aromatic heterocycles. The molecular formula is C18H24BrNO. The Morgan fingerprint density at radius 1 is 1.38 bits per heavy atom. The standard InChI is InChI=1S/C18H24BrNO/c1-12(2)20(11-5-10-19)18(21)17-15-9-8-13-6-3-4-7-14(13)16(15)17/h3-4,6-7,12,15-17H,5,8-11H2,1-2H3. The third-order valence-electron chi connectivity index (χ3n) is 5.05. The predicted octanol–water partition coefficient (Wildman–Crippen LogP) is 3.98. The number of carbonyl (C=O) groups excluding carboxylic acids is 1. The number of rotatable bonds is 5. The quantitative estimate of drug-likeness (QED) is 0.736. The molecule has 0 heterocycles. The van der Waals surface area contributed by atoms with E-state index in [0.29, 0.717) is 23.8 Å². The van der Waals surface area contributed by atoms with Gasteiger partial charge in [-0.15, -0.1) is 0 Å². The summed E-state index contributed by atoms with van der Waals surface area (Å²) >= 11 is 3.47. The summed E-state index contributed by atoms with van der Waals surface area (Å²) in [6.45, 7) is 5.14. The van der Waals surface area contributed by atoms with Gasteiger partial charge in [-0.2, -0.15) is 0 Å². The summed E-state index contributed by atoms with van der Waals surface area (Å²) < 4.78 is 0. The molecule has 0 aliphatic heterocycles. The number of fused-ring (bicyclic) bond motifs is 3. The highest BCUT2D eigenvalue weighted by atomic mass is 79.9. The first-order valence-electron chi connectivity index (χ1n) is 8.09. The lowest BCUT2D eigenvalue weighted by Crippen LogP contribution is -2.39. The molecule has 3 heteroatoms. The molecule has 3 atom stereocenters. The Bertz CT molecular complexity index is 528. The first-order chi connectivity index (χ1) is 10.1. The van der Waals surface area contributed by atoms with Gasteiger partial charge < -0.3 is 4.90 Å². The highest BCUT2D eigenvalue weighted by Gasteiger charge is 2.57. The van der Waals surface area contributed by atoms with Crippen molar-refractivity contribution in [2.75, 3.05) is 11.9 Å². The summed E-state index contributed by atoms with van der Waals surface area (Å²) in [7, 11) is 0. The van der Waals surface area contributed by atoms with Crippen LogP contribution in [0.3, 0.4) is 0 Å². The van der Waals surface area contributed by atoms with E-state index in [1.807, 2.05) is 0 Å². The molecule has 1 amide bonds. The van der Waals surface area contributed by atoms with Gasteiger partial charge in [-0.05, 0) is 56.1 Å². The summed E-state index contributed by atoms with van der Waals surface area (Å²) in [4.78, 5) is 15.0. The van der Waals surface area contributed by atoms with Crippen LogP contribution in [0.2, 0.25) is 0 Å². The zero-order valence-electron chi connectivity index (χ0n) is 12.9. The molecule has 1 aromatic carbocycles. The van der Waals surface area contributed by atoms with Crippen LogP contribution in [0.15, 0.2) is 24.3 Å². The van der Waals surface area contributed by atoms with Crippen molar-refractivity contribution < 1.29 is 4.79 Å². The number of nitrogens with zero attached hydrogens (tertiary/aromatic N) is 1. The van der Waals surface area contributed by atoms with Gasteiger partial charge in [-0.25, -0.2) is 0 Å². The number of halogens is 1. The van der Waals surface area contributed by atoms with Gasteiger partial charge in [0.2, 0.25) is 5.91 Å². The van der Waals surface area contributed by atoms with Crippen molar-refractivity contribution in [3.8, 4) is 0 Å². The first kappa shape index (κ1) is 15.1. The molecule has 1 aromatic rings. The van der Waals surface area contributed by atoms with Crippen molar-refractivity contribution >= 4 is 21.8 Å². The maximum Gasteiger partial charge on any atom is 0.226 e. The molecule has 2 aliphatic carbocycles. The molecule has 0 spiro atoms. The van der Waals surface area contributed by atoms with Crippen molar-refractivity contribution in [2.24, 2.45) is 11.8 Å². The van der Waals surface area contributed by atoms with Gasteiger partial charge in [0.1, 0.15) is 0 Å². The molecule has 21 heavy (non-hydrogen) atoms. The zero-order valence-corrected chi connectivity index (χ0v) is 14.5. The monoisotopic (exact) mass is 349 g/mol. The number of hydrogen-bond donors (Lipinski definition) is 0. The maximum absolute atomic E-state index is 12.9. The lowest BCUT2D eigenvalue weighted by Gasteiger charge is -2.27. The van der Waals surface area contributed by atoms with Crippen molar-refractivity contribution in [3.05, 3.63) is 35.4 Å². The molecule has 0 bridgehead atoms. The third kappa shape index (κ3) is 2.77. The van der Waals surface area contributed by atoms with Gasteiger partial charge >= 0.3 is 0 Å². The Hall–Kier alpha value is -0.830. The van der Waals surface area contributed by atoms with Gasteiger partial charge in [-0.3, -0.25) is 4.79 Å². The molecule has 0 N–H and O–H groups in total. The number of amides is 1. The zero-order chi connectivity index (χ0) is 15.0. The number of benzene rings is 1. The fraction of sp³-hybridized carbons (Fsp3) is 0.611. The topological polar surface area (TPSA) is 20.3 Å². The van der Waals surface area contributed by atoms with Crippen LogP contribution in [0.1, 0.15) is 43.7 Å². The molecule has 2 aliphatic rings. The Kier molecular flexibility index (Phi) is 4.39. The molecule has 1 fully saturated rings. The average molecular weight is 350 g/mol. The summed E-state index contributed by atoms with van der Waals surface area (Å²) in [6, 6.07) is 9.00. The van der Waals surface area contributed by atoms with Crippen LogP contribution >= 0.6 is 15.9 Å². The number of carbonyl (C=O) groups is 1. The van der Waals surface area contributed by atoms with Crippen molar-refractivity contribution in [3.63, 3.8) is 0 Å². The second-order valence-corrected chi connectivity index (χ2v) is 7.41. The van der Waals surface area contributed by atoms with E-state index in [-0.39, 0.29) is 5.92 Å². The maximum atomic E-state index is 12.9. The van der Waals surface area contributed by atoms with Crippen molar-refractivity contribution in [1.82, 2.24) is 4.90 Å². The minimum atomic E-state index is 0.242. The van der Waals surface area contributed by atoms with Gasteiger partial charge in [0.15, 0.2) is 0 Å². The third-order valence-corrected chi connectivity index (χ3v) is 5.61. The minimum absolute atomic E-state index is 0.242. The number of hydrogen-bond acceptors (Lipinski definition) is 1.